The van der Waals surface area contributed by atoms with E-state index in [4.69, 9.17) is 11.6 Å². The number of nitrogens with zero attached hydrogens (tertiary/aromatic N) is 3. The quantitative estimate of drug-likeness (QED) is 0.809. The van der Waals surface area contributed by atoms with Gasteiger partial charge in [0, 0.05) is 19.1 Å². The molecule has 0 saturated heterocycles. The molecule has 1 aromatic carbocycles. The van der Waals surface area contributed by atoms with E-state index in [0.29, 0.717) is 16.4 Å². The van der Waals surface area contributed by atoms with Crippen LogP contribution in [0, 0.1) is 13.8 Å². The smallest absolute Gasteiger partial charge is 0.246 e. The summed E-state index contributed by atoms with van der Waals surface area (Å²) in [6.07, 6.45) is 0. The molecule has 0 saturated carbocycles. The average Bonchev–Trinajstić information content (AvgIpc) is 2.81. The molecule has 142 valence electrons. The zero-order valence-corrected chi connectivity index (χ0v) is 17.0. The fraction of sp³-hybridized carbons (Fsp3) is 0.412. The van der Waals surface area contributed by atoms with E-state index < -0.39 is 10.0 Å². The Labute approximate surface area is 159 Å². The molecule has 2 rings (SSSR count). The maximum Gasteiger partial charge on any atom is 0.246 e. The molecule has 2 aromatic rings. The molecule has 26 heavy (non-hydrogen) atoms. The summed E-state index contributed by atoms with van der Waals surface area (Å²) in [6, 6.07) is 7.00. The van der Waals surface area contributed by atoms with E-state index in [2.05, 4.69) is 10.4 Å². The summed E-state index contributed by atoms with van der Waals surface area (Å²) < 4.78 is 27.4. The van der Waals surface area contributed by atoms with Crippen LogP contribution in [-0.4, -0.2) is 42.5 Å². The highest BCUT2D eigenvalue weighted by molar-refractivity contribution is 7.89. The van der Waals surface area contributed by atoms with Crippen molar-refractivity contribution < 1.29 is 13.2 Å². The maximum atomic E-state index is 12.4. The molecule has 0 radical (unpaired) electrons. The molecule has 7 nitrogen and oxygen atoms in total. The first-order valence-electron chi connectivity index (χ1n) is 8.06. The molecular weight excluding hydrogens is 376 g/mol. The highest BCUT2D eigenvalue weighted by atomic mass is 35.5. The third-order valence-electron chi connectivity index (χ3n) is 4.10. The molecule has 1 amide bonds. The topological polar surface area (TPSA) is 84.3 Å². The van der Waals surface area contributed by atoms with Crippen LogP contribution >= 0.6 is 11.6 Å². The van der Waals surface area contributed by atoms with Crippen LogP contribution < -0.4 is 5.32 Å². The van der Waals surface area contributed by atoms with Crippen LogP contribution in [0.4, 0.5) is 0 Å². The number of nitrogens with one attached hydrogen (secondary N) is 1. The number of carbonyl (C=O) groups excluding carboxylic acids is 1. The lowest BCUT2D eigenvalue weighted by atomic mass is 10.1. The van der Waals surface area contributed by atoms with E-state index >= 15 is 0 Å². The van der Waals surface area contributed by atoms with Gasteiger partial charge in [0.05, 0.1) is 17.4 Å². The van der Waals surface area contributed by atoms with Crippen molar-refractivity contribution in [3.63, 3.8) is 0 Å². The number of halogens is 1. The van der Waals surface area contributed by atoms with Crippen molar-refractivity contribution in [2.75, 3.05) is 14.1 Å². The zero-order chi connectivity index (χ0) is 19.6. The van der Waals surface area contributed by atoms with Gasteiger partial charge in [-0.1, -0.05) is 29.8 Å². The lowest BCUT2D eigenvalue weighted by molar-refractivity contribution is -0.122. The van der Waals surface area contributed by atoms with Gasteiger partial charge in [-0.15, -0.1) is 0 Å². The minimum absolute atomic E-state index is 0.0790. The number of amides is 1. The van der Waals surface area contributed by atoms with Crippen molar-refractivity contribution >= 4 is 27.5 Å². The molecule has 0 aliphatic carbocycles. The third kappa shape index (κ3) is 4.08. The molecule has 0 aliphatic rings. The van der Waals surface area contributed by atoms with E-state index in [0.717, 1.165) is 9.87 Å². The summed E-state index contributed by atoms with van der Waals surface area (Å²) in [5.41, 5.74) is 1.60. The van der Waals surface area contributed by atoms with Gasteiger partial charge in [-0.3, -0.25) is 9.48 Å². The Morgan fingerprint density at radius 1 is 1.31 bits per heavy atom. The highest BCUT2D eigenvalue weighted by Gasteiger charge is 2.27. The van der Waals surface area contributed by atoms with Gasteiger partial charge in [-0.05, 0) is 32.4 Å². The fourth-order valence-corrected chi connectivity index (χ4v) is 4.27. The van der Waals surface area contributed by atoms with Crippen molar-refractivity contribution in [1.82, 2.24) is 19.4 Å². The molecule has 1 atom stereocenters. The monoisotopic (exact) mass is 398 g/mol. The summed E-state index contributed by atoms with van der Waals surface area (Å²) in [6.45, 7) is 5.01. The fourth-order valence-electron chi connectivity index (χ4n) is 2.72. The Morgan fingerprint density at radius 3 is 2.50 bits per heavy atom. The second-order valence-electron chi connectivity index (χ2n) is 6.26. The Kier molecular flexibility index (Phi) is 6.10. The van der Waals surface area contributed by atoms with Crippen LogP contribution in [0.5, 0.6) is 0 Å². The van der Waals surface area contributed by atoms with Gasteiger partial charge in [0.15, 0.2) is 0 Å². The second-order valence-corrected chi connectivity index (χ2v) is 8.75. The van der Waals surface area contributed by atoms with Crippen molar-refractivity contribution in [3.05, 3.63) is 46.2 Å². The zero-order valence-electron chi connectivity index (χ0n) is 15.4. The summed E-state index contributed by atoms with van der Waals surface area (Å²) in [4.78, 5) is 12.5. The molecule has 0 unspecified atom stereocenters. The largest absolute Gasteiger partial charge is 0.348 e. The average molecular weight is 399 g/mol. The molecule has 0 aliphatic heterocycles. The van der Waals surface area contributed by atoms with E-state index in [1.807, 2.05) is 25.1 Å². The van der Waals surface area contributed by atoms with Gasteiger partial charge in [-0.25, -0.2) is 12.7 Å². The van der Waals surface area contributed by atoms with Crippen molar-refractivity contribution in [1.29, 1.82) is 0 Å². The van der Waals surface area contributed by atoms with Crippen LogP contribution in [0.25, 0.3) is 0 Å². The van der Waals surface area contributed by atoms with E-state index in [1.165, 1.54) is 18.8 Å². The third-order valence-corrected chi connectivity index (χ3v) is 6.51. The van der Waals surface area contributed by atoms with Gasteiger partial charge >= 0.3 is 0 Å². The predicted octanol–water partition coefficient (Wildman–Crippen LogP) is 2.28. The van der Waals surface area contributed by atoms with Crippen LogP contribution in [0.1, 0.15) is 29.9 Å². The second kappa shape index (κ2) is 7.77. The van der Waals surface area contributed by atoms with Crippen molar-refractivity contribution in [3.8, 4) is 0 Å². The Balaban J connectivity index is 2.19. The minimum atomic E-state index is -3.62. The first-order chi connectivity index (χ1) is 12.1. The Bertz CT molecular complexity index is 922. The predicted molar refractivity (Wildman–Crippen MR) is 101 cm³/mol. The molecule has 0 spiro atoms. The van der Waals surface area contributed by atoms with E-state index in [-0.39, 0.29) is 23.4 Å². The highest BCUT2D eigenvalue weighted by Crippen LogP contribution is 2.23. The molecule has 9 heteroatoms. The summed E-state index contributed by atoms with van der Waals surface area (Å²) in [5, 5.41) is 7.65. The molecule has 1 aromatic heterocycles. The number of aromatic nitrogens is 2. The maximum absolute atomic E-state index is 12.4. The van der Waals surface area contributed by atoms with Crippen LogP contribution in [0.2, 0.25) is 5.02 Å². The first-order valence-corrected chi connectivity index (χ1v) is 9.87. The Hall–Kier alpha value is -1.90. The summed E-state index contributed by atoms with van der Waals surface area (Å²) in [7, 11) is -0.700. The first kappa shape index (κ1) is 20.4. The standard InChI is InChI=1S/C17H23ClN4O3S/c1-11(14-8-6-7-9-15(14)18)19-16(23)10-22-13(3)17(12(2)20-22)26(24,25)21(4)5/h6-9,11H,10H2,1-5H3,(H,19,23)/t11-/m0/s1. The number of benzene rings is 1. The number of aryl methyl sites for hydroxylation is 1. The summed E-state index contributed by atoms with van der Waals surface area (Å²) in [5.74, 6) is -0.281. The van der Waals surface area contributed by atoms with Crippen LogP contribution in [0.3, 0.4) is 0 Å². The van der Waals surface area contributed by atoms with Crippen molar-refractivity contribution in [2.24, 2.45) is 0 Å². The molecule has 1 heterocycles. The molecular formula is C17H23ClN4O3S. The number of hydrogen-bond acceptors (Lipinski definition) is 4. The number of sulfonamides is 1. The van der Waals surface area contributed by atoms with Crippen molar-refractivity contribution in [2.45, 2.75) is 38.3 Å². The number of carbonyl (C=O) groups is 1. The van der Waals surface area contributed by atoms with Gasteiger partial charge in [0.25, 0.3) is 0 Å². The SMILES string of the molecule is Cc1nn(CC(=O)N[C@@H](C)c2ccccc2Cl)c(C)c1S(=O)(=O)N(C)C. The van der Waals surface area contributed by atoms with E-state index in [9.17, 15) is 13.2 Å². The van der Waals surface area contributed by atoms with Gasteiger partial charge < -0.3 is 5.32 Å². The van der Waals surface area contributed by atoms with E-state index in [1.54, 1.807) is 19.9 Å². The number of hydrogen-bond donors (Lipinski definition) is 1. The Morgan fingerprint density at radius 2 is 1.92 bits per heavy atom. The molecule has 0 fully saturated rings. The lowest BCUT2D eigenvalue weighted by Crippen LogP contribution is -2.31. The van der Waals surface area contributed by atoms with Gasteiger partial charge in [0.2, 0.25) is 15.9 Å². The van der Waals surface area contributed by atoms with Gasteiger partial charge in [0.1, 0.15) is 11.4 Å². The summed E-state index contributed by atoms with van der Waals surface area (Å²) >= 11 is 6.15. The van der Waals surface area contributed by atoms with Crippen LogP contribution in [0.15, 0.2) is 29.2 Å². The lowest BCUT2D eigenvalue weighted by Gasteiger charge is -2.16. The van der Waals surface area contributed by atoms with Crippen LogP contribution in [-0.2, 0) is 21.4 Å². The molecule has 1 N–H and O–H groups in total. The van der Waals surface area contributed by atoms with Gasteiger partial charge in [-0.2, -0.15) is 5.10 Å². The minimum Gasteiger partial charge on any atom is -0.348 e. The number of rotatable bonds is 6. The molecule has 0 bridgehead atoms. The normalized spacial score (nSPS) is 13.0.